The number of hydrogen-bond acceptors (Lipinski definition) is 4. The van der Waals surface area contributed by atoms with E-state index in [-0.39, 0.29) is 22.7 Å². The molecule has 0 saturated carbocycles. The molecule has 1 heterocycles. The standard InChI is InChI=1S/C13H14ClFN2O2S2/c1-8-11(15)5-9(16)6-12(8)21(18,19)17(2)7-10-3-4-13(14)20-10/h3-6H,7,16H2,1-2H3. The van der Waals surface area contributed by atoms with Gasteiger partial charge in [-0.3, -0.25) is 0 Å². The van der Waals surface area contributed by atoms with Crippen molar-refractivity contribution in [2.75, 3.05) is 12.8 Å². The third-order valence-electron chi connectivity index (χ3n) is 3.01. The van der Waals surface area contributed by atoms with Gasteiger partial charge in [0.2, 0.25) is 10.0 Å². The van der Waals surface area contributed by atoms with Crippen LogP contribution in [0, 0.1) is 12.7 Å². The lowest BCUT2D eigenvalue weighted by Gasteiger charge is -2.18. The summed E-state index contributed by atoms with van der Waals surface area (Å²) < 4.78 is 40.5. The summed E-state index contributed by atoms with van der Waals surface area (Å²) in [5, 5.41) is 0. The third kappa shape index (κ3) is 3.37. The fraction of sp³-hybridized carbons (Fsp3) is 0.231. The van der Waals surface area contributed by atoms with Crippen LogP contribution in [0.1, 0.15) is 10.4 Å². The number of nitrogen functional groups attached to an aromatic ring is 1. The summed E-state index contributed by atoms with van der Waals surface area (Å²) in [6.07, 6.45) is 0. The molecule has 0 aliphatic carbocycles. The summed E-state index contributed by atoms with van der Waals surface area (Å²) in [6.45, 7) is 1.58. The highest BCUT2D eigenvalue weighted by Gasteiger charge is 2.25. The van der Waals surface area contributed by atoms with Crippen LogP contribution in [0.4, 0.5) is 10.1 Å². The van der Waals surface area contributed by atoms with Gasteiger partial charge in [-0.1, -0.05) is 11.6 Å². The zero-order valence-electron chi connectivity index (χ0n) is 11.4. The number of sulfonamides is 1. The molecule has 2 aromatic rings. The second-order valence-corrected chi connectivity index (χ2v) is 8.41. The lowest BCUT2D eigenvalue weighted by Crippen LogP contribution is -2.27. The molecule has 2 rings (SSSR count). The highest BCUT2D eigenvalue weighted by atomic mass is 35.5. The second kappa shape index (κ2) is 5.92. The molecular formula is C13H14ClFN2O2S2. The van der Waals surface area contributed by atoms with Crippen LogP contribution in [0.5, 0.6) is 0 Å². The van der Waals surface area contributed by atoms with Crippen molar-refractivity contribution in [3.8, 4) is 0 Å². The Morgan fingerprint density at radius 2 is 2.05 bits per heavy atom. The van der Waals surface area contributed by atoms with E-state index in [1.165, 1.54) is 31.4 Å². The predicted molar refractivity (Wildman–Crippen MR) is 83.5 cm³/mol. The first-order valence-electron chi connectivity index (χ1n) is 5.98. The summed E-state index contributed by atoms with van der Waals surface area (Å²) in [4.78, 5) is 0.679. The van der Waals surface area contributed by atoms with Crippen molar-refractivity contribution in [3.63, 3.8) is 0 Å². The molecule has 0 spiro atoms. The van der Waals surface area contributed by atoms with E-state index in [1.54, 1.807) is 12.1 Å². The zero-order chi connectivity index (χ0) is 15.8. The van der Waals surface area contributed by atoms with Gasteiger partial charge in [0.1, 0.15) is 5.82 Å². The number of anilines is 1. The molecule has 0 amide bonds. The average molecular weight is 349 g/mol. The Balaban J connectivity index is 2.37. The van der Waals surface area contributed by atoms with Crippen LogP contribution in [0.15, 0.2) is 29.2 Å². The Labute approximate surface area is 132 Å². The molecule has 2 N–H and O–H groups in total. The van der Waals surface area contributed by atoms with Crippen LogP contribution in [-0.2, 0) is 16.6 Å². The van der Waals surface area contributed by atoms with Crippen molar-refractivity contribution < 1.29 is 12.8 Å². The van der Waals surface area contributed by atoms with Crippen LogP contribution >= 0.6 is 22.9 Å². The predicted octanol–water partition coefficient (Wildman–Crippen LogP) is 3.25. The topological polar surface area (TPSA) is 63.4 Å². The molecule has 21 heavy (non-hydrogen) atoms. The van der Waals surface area contributed by atoms with Gasteiger partial charge in [-0.2, -0.15) is 4.31 Å². The van der Waals surface area contributed by atoms with E-state index in [1.807, 2.05) is 0 Å². The van der Waals surface area contributed by atoms with Crippen molar-refractivity contribution in [2.24, 2.45) is 0 Å². The summed E-state index contributed by atoms with van der Waals surface area (Å²) in [7, 11) is -2.39. The molecule has 0 aliphatic heterocycles. The number of thiophene rings is 1. The fourth-order valence-corrected chi connectivity index (χ4v) is 4.49. The highest BCUT2D eigenvalue weighted by molar-refractivity contribution is 7.89. The summed E-state index contributed by atoms with van der Waals surface area (Å²) in [6, 6.07) is 5.83. The number of hydrogen-bond donors (Lipinski definition) is 1. The molecule has 0 radical (unpaired) electrons. The summed E-state index contributed by atoms with van der Waals surface area (Å²) in [5.74, 6) is -0.638. The average Bonchev–Trinajstić information content (AvgIpc) is 2.79. The number of nitrogens with zero attached hydrogens (tertiary/aromatic N) is 1. The lowest BCUT2D eigenvalue weighted by molar-refractivity contribution is 0.468. The quantitative estimate of drug-likeness (QED) is 0.862. The van der Waals surface area contributed by atoms with Crippen LogP contribution in [0.25, 0.3) is 0 Å². The zero-order valence-corrected chi connectivity index (χ0v) is 13.8. The van der Waals surface area contributed by atoms with E-state index >= 15 is 0 Å². The minimum Gasteiger partial charge on any atom is -0.399 e. The Morgan fingerprint density at radius 3 is 2.62 bits per heavy atom. The third-order valence-corrected chi connectivity index (χ3v) is 6.16. The van der Waals surface area contributed by atoms with E-state index in [2.05, 4.69) is 0 Å². The monoisotopic (exact) mass is 348 g/mol. The number of halogens is 2. The molecule has 8 heteroatoms. The molecule has 1 aromatic carbocycles. The molecule has 1 aromatic heterocycles. The van der Waals surface area contributed by atoms with Crippen molar-refractivity contribution >= 4 is 38.6 Å². The van der Waals surface area contributed by atoms with Gasteiger partial charge in [-0.15, -0.1) is 11.3 Å². The minimum atomic E-state index is -3.83. The molecule has 0 fully saturated rings. The molecule has 0 atom stereocenters. The highest BCUT2D eigenvalue weighted by Crippen LogP contribution is 2.27. The summed E-state index contributed by atoms with van der Waals surface area (Å²) in [5.41, 5.74) is 5.67. The van der Waals surface area contributed by atoms with Gasteiger partial charge in [-0.25, -0.2) is 12.8 Å². The first kappa shape index (κ1) is 16.2. The molecule has 0 bridgehead atoms. The van der Waals surface area contributed by atoms with Crippen LogP contribution in [0.3, 0.4) is 0 Å². The van der Waals surface area contributed by atoms with Crippen LogP contribution < -0.4 is 5.73 Å². The molecule has 4 nitrogen and oxygen atoms in total. The molecule has 0 saturated heterocycles. The largest absolute Gasteiger partial charge is 0.399 e. The van der Waals surface area contributed by atoms with Crippen molar-refractivity contribution in [2.45, 2.75) is 18.4 Å². The minimum absolute atomic E-state index is 0.0558. The van der Waals surface area contributed by atoms with E-state index in [4.69, 9.17) is 17.3 Å². The van der Waals surface area contributed by atoms with Crippen LogP contribution in [0.2, 0.25) is 4.34 Å². The number of rotatable bonds is 4. The fourth-order valence-electron chi connectivity index (χ4n) is 1.85. The first-order valence-corrected chi connectivity index (χ1v) is 8.61. The molecule has 0 aliphatic rings. The maximum Gasteiger partial charge on any atom is 0.243 e. The number of nitrogens with two attached hydrogens (primary N) is 1. The van der Waals surface area contributed by atoms with E-state index in [9.17, 15) is 12.8 Å². The van der Waals surface area contributed by atoms with Gasteiger partial charge < -0.3 is 5.73 Å². The van der Waals surface area contributed by atoms with Crippen LogP contribution in [-0.4, -0.2) is 19.8 Å². The Hall–Kier alpha value is -1.15. The maximum atomic E-state index is 13.7. The Bertz CT molecular complexity index is 774. The van der Waals surface area contributed by atoms with Gasteiger partial charge in [-0.05, 0) is 31.2 Å². The molecular weight excluding hydrogens is 335 g/mol. The van der Waals surface area contributed by atoms with Gasteiger partial charge in [0.15, 0.2) is 0 Å². The second-order valence-electron chi connectivity index (χ2n) is 4.59. The van der Waals surface area contributed by atoms with Crippen molar-refractivity contribution in [3.05, 3.63) is 44.9 Å². The first-order chi connectivity index (χ1) is 9.71. The molecule has 0 unspecified atom stereocenters. The summed E-state index contributed by atoms with van der Waals surface area (Å²) >= 11 is 7.12. The van der Waals surface area contributed by atoms with Gasteiger partial charge in [0, 0.05) is 29.7 Å². The van der Waals surface area contributed by atoms with Gasteiger partial charge in [0.25, 0.3) is 0 Å². The normalized spacial score (nSPS) is 12.0. The van der Waals surface area contributed by atoms with Gasteiger partial charge in [0.05, 0.1) is 9.23 Å². The lowest BCUT2D eigenvalue weighted by atomic mass is 10.2. The van der Waals surface area contributed by atoms with Gasteiger partial charge >= 0.3 is 0 Å². The smallest absolute Gasteiger partial charge is 0.243 e. The maximum absolute atomic E-state index is 13.7. The number of benzene rings is 1. The van der Waals surface area contributed by atoms with E-state index < -0.39 is 15.8 Å². The van der Waals surface area contributed by atoms with E-state index in [0.29, 0.717) is 4.34 Å². The SMILES string of the molecule is Cc1c(F)cc(N)cc1S(=O)(=O)N(C)Cc1ccc(Cl)s1. The van der Waals surface area contributed by atoms with Crippen molar-refractivity contribution in [1.29, 1.82) is 0 Å². The Morgan fingerprint density at radius 1 is 1.38 bits per heavy atom. The van der Waals surface area contributed by atoms with Crippen molar-refractivity contribution in [1.82, 2.24) is 4.31 Å². The molecule has 114 valence electrons. The Kier molecular flexibility index (Phi) is 4.57. The van der Waals surface area contributed by atoms with E-state index in [0.717, 1.165) is 15.2 Å².